The molecule has 1 aliphatic rings. The van der Waals surface area contributed by atoms with E-state index in [1.165, 1.54) is 11.0 Å². The molecule has 6 heteroatoms. The highest BCUT2D eigenvalue weighted by Crippen LogP contribution is 2.27. The van der Waals surface area contributed by atoms with Crippen LogP contribution >= 0.6 is 0 Å². The maximum atomic E-state index is 13.3. The molecule has 1 heterocycles. The van der Waals surface area contributed by atoms with Crippen molar-refractivity contribution >= 4 is 11.9 Å². The molecule has 1 fully saturated rings. The molecule has 0 unspecified atom stereocenters. The number of hydrogen-bond donors (Lipinski definition) is 1. The molecule has 0 aliphatic heterocycles. The van der Waals surface area contributed by atoms with E-state index in [-0.39, 0.29) is 17.2 Å². The standard InChI is InChI=1S/C29H32N2O4/c1-2-3-11-24-20-31(27(32)18-21-9-5-4-6-10-21)29(35)30(24)19-22-14-16-23(17-15-22)25-12-7-8-13-26(25)28(33)34/h2-3,7-8,12-17,20-21H,4-6,9-11,18-19H2,1H3,(H,33,34). The summed E-state index contributed by atoms with van der Waals surface area (Å²) < 4.78 is 2.96. The quantitative estimate of drug-likeness (QED) is 0.421. The fraction of sp³-hybridized carbons (Fsp3) is 0.345. The first-order valence-electron chi connectivity index (χ1n) is 12.3. The Kier molecular flexibility index (Phi) is 7.80. The van der Waals surface area contributed by atoms with E-state index in [9.17, 15) is 19.5 Å². The Labute approximate surface area is 205 Å². The summed E-state index contributed by atoms with van der Waals surface area (Å²) >= 11 is 0. The Hall–Kier alpha value is -3.67. The van der Waals surface area contributed by atoms with Gasteiger partial charge in [0.05, 0.1) is 12.1 Å². The van der Waals surface area contributed by atoms with Gasteiger partial charge in [0.2, 0.25) is 5.91 Å². The molecule has 1 aromatic heterocycles. The lowest BCUT2D eigenvalue weighted by atomic mass is 9.87. The molecule has 4 rings (SSSR count). The van der Waals surface area contributed by atoms with E-state index >= 15 is 0 Å². The summed E-state index contributed by atoms with van der Waals surface area (Å²) in [6.45, 7) is 2.28. The van der Waals surface area contributed by atoms with Gasteiger partial charge < -0.3 is 5.11 Å². The predicted octanol–water partition coefficient (Wildman–Crippen LogP) is 5.79. The summed E-state index contributed by atoms with van der Waals surface area (Å²) in [4.78, 5) is 37.8. The molecule has 0 atom stereocenters. The third-order valence-electron chi connectivity index (χ3n) is 6.84. The predicted molar refractivity (Wildman–Crippen MR) is 137 cm³/mol. The van der Waals surface area contributed by atoms with Crippen LogP contribution in [0.3, 0.4) is 0 Å². The second-order valence-corrected chi connectivity index (χ2v) is 9.28. The largest absolute Gasteiger partial charge is 0.478 e. The van der Waals surface area contributed by atoms with Crippen molar-refractivity contribution in [3.8, 4) is 11.1 Å². The highest BCUT2D eigenvalue weighted by atomic mass is 16.4. The van der Waals surface area contributed by atoms with Crippen LogP contribution in [0.2, 0.25) is 0 Å². The van der Waals surface area contributed by atoms with E-state index in [0.717, 1.165) is 42.5 Å². The van der Waals surface area contributed by atoms with E-state index in [0.29, 0.717) is 30.9 Å². The molecule has 0 spiro atoms. The lowest BCUT2D eigenvalue weighted by Gasteiger charge is -2.20. The van der Waals surface area contributed by atoms with Gasteiger partial charge in [-0.2, -0.15) is 0 Å². The van der Waals surface area contributed by atoms with Crippen LogP contribution in [0, 0.1) is 5.92 Å². The molecule has 0 saturated heterocycles. The first-order valence-corrected chi connectivity index (χ1v) is 12.3. The van der Waals surface area contributed by atoms with Crippen LogP contribution < -0.4 is 5.69 Å². The zero-order valence-corrected chi connectivity index (χ0v) is 20.2. The molecule has 0 radical (unpaired) electrons. The summed E-state index contributed by atoms with van der Waals surface area (Å²) in [6.07, 6.45) is 12.3. The van der Waals surface area contributed by atoms with Crippen LogP contribution in [0.1, 0.15) is 71.9 Å². The molecule has 182 valence electrons. The van der Waals surface area contributed by atoms with Crippen molar-refractivity contribution in [1.82, 2.24) is 9.13 Å². The van der Waals surface area contributed by atoms with E-state index in [4.69, 9.17) is 0 Å². The Balaban J connectivity index is 1.59. The molecular formula is C29H32N2O4. The molecule has 1 aliphatic carbocycles. The molecule has 2 aromatic carbocycles. The molecule has 0 amide bonds. The summed E-state index contributed by atoms with van der Waals surface area (Å²) in [5.41, 5.74) is 3.10. The number of carboxylic acid groups (broad SMARTS) is 1. The number of aromatic carboxylic acids is 1. The highest BCUT2D eigenvalue weighted by Gasteiger charge is 2.21. The van der Waals surface area contributed by atoms with E-state index in [1.807, 2.05) is 49.4 Å². The van der Waals surface area contributed by atoms with Crippen molar-refractivity contribution in [1.29, 1.82) is 0 Å². The first kappa shape index (κ1) is 24.5. The van der Waals surface area contributed by atoms with Gasteiger partial charge >= 0.3 is 11.7 Å². The number of nitrogens with zero attached hydrogens (tertiary/aromatic N) is 2. The Morgan fingerprint density at radius 1 is 1.03 bits per heavy atom. The van der Waals surface area contributed by atoms with Crippen LogP contribution in [-0.2, 0) is 13.0 Å². The Bertz CT molecular complexity index is 1270. The second kappa shape index (κ2) is 11.2. The number of benzene rings is 2. The molecule has 35 heavy (non-hydrogen) atoms. The van der Waals surface area contributed by atoms with E-state index in [2.05, 4.69) is 0 Å². The van der Waals surface area contributed by atoms with Crippen molar-refractivity contribution in [3.63, 3.8) is 0 Å². The average Bonchev–Trinajstić information content (AvgIpc) is 3.18. The van der Waals surface area contributed by atoms with Gasteiger partial charge in [-0.15, -0.1) is 0 Å². The van der Waals surface area contributed by atoms with Gasteiger partial charge in [0, 0.05) is 24.7 Å². The fourth-order valence-corrected chi connectivity index (χ4v) is 4.91. The van der Waals surface area contributed by atoms with Crippen molar-refractivity contribution < 1.29 is 14.7 Å². The Morgan fingerprint density at radius 2 is 1.74 bits per heavy atom. The van der Waals surface area contributed by atoms with Crippen LogP contribution in [0.5, 0.6) is 0 Å². The van der Waals surface area contributed by atoms with Gasteiger partial charge in [0.1, 0.15) is 0 Å². The third kappa shape index (κ3) is 5.70. The first-order chi connectivity index (χ1) is 17.0. The number of allylic oxidation sites excluding steroid dienone is 2. The summed E-state index contributed by atoms with van der Waals surface area (Å²) in [5, 5.41) is 9.49. The Morgan fingerprint density at radius 3 is 2.43 bits per heavy atom. The molecule has 1 saturated carbocycles. The normalized spacial score (nSPS) is 14.4. The van der Waals surface area contributed by atoms with Crippen LogP contribution in [-0.4, -0.2) is 26.1 Å². The van der Waals surface area contributed by atoms with Gasteiger partial charge in [0.15, 0.2) is 0 Å². The lowest BCUT2D eigenvalue weighted by molar-refractivity contribution is 0.0697. The zero-order valence-electron chi connectivity index (χ0n) is 20.2. The molecular weight excluding hydrogens is 440 g/mol. The van der Waals surface area contributed by atoms with Gasteiger partial charge in [-0.1, -0.05) is 73.9 Å². The molecule has 0 bridgehead atoms. The van der Waals surface area contributed by atoms with Crippen LogP contribution in [0.15, 0.2) is 71.7 Å². The van der Waals surface area contributed by atoms with Gasteiger partial charge in [-0.05, 0) is 48.4 Å². The van der Waals surface area contributed by atoms with Crippen LogP contribution in [0.25, 0.3) is 11.1 Å². The van der Waals surface area contributed by atoms with Gasteiger partial charge in [0.25, 0.3) is 0 Å². The highest BCUT2D eigenvalue weighted by molar-refractivity contribution is 5.96. The number of carbonyl (C=O) groups excluding carboxylic acids is 1. The maximum absolute atomic E-state index is 13.3. The molecule has 1 N–H and O–H groups in total. The van der Waals surface area contributed by atoms with Crippen LogP contribution in [0.4, 0.5) is 0 Å². The second-order valence-electron chi connectivity index (χ2n) is 9.28. The van der Waals surface area contributed by atoms with Crippen molar-refractivity contribution in [2.24, 2.45) is 5.92 Å². The number of aromatic nitrogens is 2. The molecule has 3 aromatic rings. The molecule has 6 nitrogen and oxygen atoms in total. The topological polar surface area (TPSA) is 81.3 Å². The SMILES string of the molecule is CC=CCc1cn(C(=O)CC2CCCCC2)c(=O)n1Cc1ccc(-c2ccccc2C(=O)O)cc1. The van der Waals surface area contributed by atoms with Crippen molar-refractivity contribution in [2.75, 3.05) is 0 Å². The summed E-state index contributed by atoms with van der Waals surface area (Å²) in [7, 11) is 0. The number of carbonyl (C=O) groups is 2. The maximum Gasteiger partial charge on any atom is 0.336 e. The number of hydrogen-bond acceptors (Lipinski definition) is 3. The monoisotopic (exact) mass is 472 g/mol. The smallest absolute Gasteiger partial charge is 0.336 e. The average molecular weight is 473 g/mol. The minimum absolute atomic E-state index is 0.122. The van der Waals surface area contributed by atoms with E-state index < -0.39 is 5.97 Å². The minimum Gasteiger partial charge on any atom is -0.478 e. The van der Waals surface area contributed by atoms with Gasteiger partial charge in [-0.25, -0.2) is 14.2 Å². The van der Waals surface area contributed by atoms with E-state index in [1.54, 1.807) is 29.0 Å². The summed E-state index contributed by atoms with van der Waals surface area (Å²) in [6, 6.07) is 14.5. The minimum atomic E-state index is -0.968. The van der Waals surface area contributed by atoms with Gasteiger partial charge in [-0.3, -0.25) is 9.36 Å². The van der Waals surface area contributed by atoms with Crippen molar-refractivity contribution in [2.45, 2.75) is 58.4 Å². The number of carboxylic acids is 1. The number of imidazole rings is 1. The lowest BCUT2D eigenvalue weighted by Crippen LogP contribution is -2.30. The zero-order chi connectivity index (χ0) is 24.8. The van der Waals surface area contributed by atoms with Crippen molar-refractivity contribution in [3.05, 3.63) is 94.2 Å². The summed E-state index contributed by atoms with van der Waals surface area (Å²) in [5.74, 6) is -0.723. The third-order valence-corrected chi connectivity index (χ3v) is 6.84. The number of rotatable bonds is 8. The fourth-order valence-electron chi connectivity index (χ4n) is 4.91.